The maximum atomic E-state index is 5.41. The number of hydrogen-bond donors (Lipinski definition) is 1. The SMILES string of the molecule is CCCNCC=Cc1ccc(OC)c(OC)c1OC. The van der Waals surface area contributed by atoms with Crippen molar-refractivity contribution in [1.82, 2.24) is 5.32 Å². The highest BCUT2D eigenvalue weighted by Gasteiger charge is 2.13. The molecule has 0 spiro atoms. The molecule has 0 aliphatic carbocycles. The van der Waals surface area contributed by atoms with Crippen molar-refractivity contribution in [3.63, 3.8) is 0 Å². The van der Waals surface area contributed by atoms with Gasteiger partial charge in [0, 0.05) is 12.1 Å². The minimum absolute atomic E-state index is 0.619. The second-order valence-electron chi connectivity index (χ2n) is 4.03. The van der Waals surface area contributed by atoms with Gasteiger partial charge in [0.25, 0.3) is 0 Å². The quantitative estimate of drug-likeness (QED) is 0.734. The molecule has 0 aliphatic rings. The molecule has 0 heterocycles. The Labute approximate surface area is 115 Å². The summed E-state index contributed by atoms with van der Waals surface area (Å²) in [5.74, 6) is 1.97. The molecule has 1 aromatic carbocycles. The fourth-order valence-electron chi connectivity index (χ4n) is 1.80. The predicted octanol–water partition coefficient (Wildman–Crippen LogP) is 2.73. The topological polar surface area (TPSA) is 39.7 Å². The molecule has 4 nitrogen and oxygen atoms in total. The summed E-state index contributed by atoms with van der Waals surface area (Å²) in [6.07, 6.45) is 5.22. The van der Waals surface area contributed by atoms with Crippen LogP contribution < -0.4 is 19.5 Å². The van der Waals surface area contributed by atoms with Crippen LogP contribution in [0.3, 0.4) is 0 Å². The van der Waals surface area contributed by atoms with Gasteiger partial charge >= 0.3 is 0 Å². The summed E-state index contributed by atoms with van der Waals surface area (Å²) in [6, 6.07) is 3.83. The Bertz CT molecular complexity index is 416. The fourth-order valence-corrected chi connectivity index (χ4v) is 1.80. The first kappa shape index (κ1) is 15.4. The summed E-state index contributed by atoms with van der Waals surface area (Å²) in [4.78, 5) is 0. The van der Waals surface area contributed by atoms with Gasteiger partial charge in [0.1, 0.15) is 0 Å². The fraction of sp³-hybridized carbons (Fsp3) is 0.467. The number of methoxy groups -OCH3 is 3. The van der Waals surface area contributed by atoms with Gasteiger partial charge in [0.05, 0.1) is 21.3 Å². The van der Waals surface area contributed by atoms with E-state index in [9.17, 15) is 0 Å². The molecule has 0 radical (unpaired) electrons. The maximum absolute atomic E-state index is 5.41. The lowest BCUT2D eigenvalue weighted by Crippen LogP contribution is -2.13. The molecule has 4 heteroatoms. The van der Waals surface area contributed by atoms with Gasteiger partial charge in [-0.1, -0.05) is 19.1 Å². The van der Waals surface area contributed by atoms with E-state index in [4.69, 9.17) is 14.2 Å². The molecule has 0 saturated carbocycles. The first-order valence-electron chi connectivity index (χ1n) is 6.44. The van der Waals surface area contributed by atoms with Crippen LogP contribution >= 0.6 is 0 Å². The molecule has 0 unspecified atom stereocenters. The standard InChI is InChI=1S/C15H23NO3/c1-5-10-16-11-6-7-12-8-9-13(17-2)15(19-4)14(12)18-3/h6-9,16H,5,10-11H2,1-4H3. The van der Waals surface area contributed by atoms with Crippen molar-refractivity contribution in [3.05, 3.63) is 23.8 Å². The molecule has 0 bridgehead atoms. The summed E-state index contributed by atoms with van der Waals surface area (Å²) < 4.78 is 16.0. The molecule has 0 fully saturated rings. The summed E-state index contributed by atoms with van der Waals surface area (Å²) >= 11 is 0. The Hall–Kier alpha value is -1.68. The third-order valence-electron chi connectivity index (χ3n) is 2.72. The minimum atomic E-state index is 0.619. The molecule has 0 amide bonds. The number of nitrogens with one attached hydrogen (secondary N) is 1. The number of hydrogen-bond acceptors (Lipinski definition) is 4. The summed E-state index contributed by atoms with van der Waals surface area (Å²) in [5.41, 5.74) is 0.971. The lowest BCUT2D eigenvalue weighted by atomic mass is 10.1. The van der Waals surface area contributed by atoms with Crippen molar-refractivity contribution in [3.8, 4) is 17.2 Å². The molecule has 0 aromatic heterocycles. The molecule has 19 heavy (non-hydrogen) atoms. The lowest BCUT2D eigenvalue weighted by Gasteiger charge is -2.14. The molecule has 0 saturated heterocycles. The van der Waals surface area contributed by atoms with Crippen molar-refractivity contribution in [1.29, 1.82) is 0 Å². The van der Waals surface area contributed by atoms with E-state index < -0.39 is 0 Å². The molecule has 106 valence electrons. The van der Waals surface area contributed by atoms with Crippen LogP contribution in [0.15, 0.2) is 18.2 Å². The predicted molar refractivity (Wildman–Crippen MR) is 78.3 cm³/mol. The molecule has 1 aromatic rings. The van der Waals surface area contributed by atoms with Crippen LogP contribution in [0, 0.1) is 0 Å². The highest BCUT2D eigenvalue weighted by Crippen LogP contribution is 2.40. The Balaban J connectivity index is 2.88. The highest BCUT2D eigenvalue weighted by molar-refractivity contribution is 5.66. The highest BCUT2D eigenvalue weighted by atomic mass is 16.5. The normalized spacial score (nSPS) is 10.7. The first-order chi connectivity index (χ1) is 9.28. The zero-order valence-electron chi connectivity index (χ0n) is 12.2. The number of ether oxygens (including phenoxy) is 3. The maximum Gasteiger partial charge on any atom is 0.203 e. The first-order valence-corrected chi connectivity index (χ1v) is 6.44. The van der Waals surface area contributed by atoms with Crippen LogP contribution in [0.25, 0.3) is 6.08 Å². The van der Waals surface area contributed by atoms with E-state index >= 15 is 0 Å². The van der Waals surface area contributed by atoms with Crippen molar-refractivity contribution in [2.24, 2.45) is 0 Å². The van der Waals surface area contributed by atoms with Crippen LogP contribution in [0.4, 0.5) is 0 Å². The third kappa shape index (κ3) is 4.17. The van der Waals surface area contributed by atoms with Crippen molar-refractivity contribution >= 4 is 6.08 Å². The molecular formula is C15H23NO3. The van der Waals surface area contributed by atoms with E-state index in [1.54, 1.807) is 21.3 Å². The Morgan fingerprint density at radius 2 is 1.79 bits per heavy atom. The molecular weight excluding hydrogens is 242 g/mol. The Morgan fingerprint density at radius 3 is 2.37 bits per heavy atom. The molecule has 0 aliphatic heterocycles. The third-order valence-corrected chi connectivity index (χ3v) is 2.72. The van der Waals surface area contributed by atoms with Crippen molar-refractivity contribution in [2.75, 3.05) is 34.4 Å². The average molecular weight is 265 g/mol. The van der Waals surface area contributed by atoms with Gasteiger partial charge in [-0.05, 0) is 25.1 Å². The van der Waals surface area contributed by atoms with Crippen molar-refractivity contribution < 1.29 is 14.2 Å². The van der Waals surface area contributed by atoms with E-state index in [1.807, 2.05) is 18.2 Å². The van der Waals surface area contributed by atoms with Crippen LogP contribution in [-0.2, 0) is 0 Å². The van der Waals surface area contributed by atoms with E-state index in [2.05, 4.69) is 18.3 Å². The summed E-state index contributed by atoms with van der Waals surface area (Å²) in [6.45, 7) is 4.01. The van der Waals surface area contributed by atoms with E-state index in [-0.39, 0.29) is 0 Å². The second kappa shape index (κ2) is 8.43. The second-order valence-corrected chi connectivity index (χ2v) is 4.03. The smallest absolute Gasteiger partial charge is 0.203 e. The lowest BCUT2D eigenvalue weighted by molar-refractivity contribution is 0.324. The van der Waals surface area contributed by atoms with Crippen LogP contribution in [0.2, 0.25) is 0 Å². The average Bonchev–Trinajstić information content (AvgIpc) is 2.45. The molecule has 0 atom stereocenters. The minimum Gasteiger partial charge on any atom is -0.493 e. The Morgan fingerprint density at radius 1 is 1.05 bits per heavy atom. The van der Waals surface area contributed by atoms with Gasteiger partial charge < -0.3 is 19.5 Å². The molecule has 1 rings (SSSR count). The largest absolute Gasteiger partial charge is 0.493 e. The van der Waals surface area contributed by atoms with E-state index in [0.29, 0.717) is 17.2 Å². The zero-order chi connectivity index (χ0) is 14.1. The van der Waals surface area contributed by atoms with Gasteiger partial charge in [-0.15, -0.1) is 0 Å². The van der Waals surface area contributed by atoms with Gasteiger partial charge in [0.2, 0.25) is 5.75 Å². The van der Waals surface area contributed by atoms with E-state index in [1.165, 1.54) is 0 Å². The zero-order valence-corrected chi connectivity index (χ0v) is 12.2. The number of rotatable bonds is 8. The van der Waals surface area contributed by atoms with Gasteiger partial charge in [-0.3, -0.25) is 0 Å². The molecule has 1 N–H and O–H groups in total. The van der Waals surface area contributed by atoms with E-state index in [0.717, 1.165) is 25.1 Å². The van der Waals surface area contributed by atoms with Crippen LogP contribution in [0.5, 0.6) is 17.2 Å². The summed E-state index contributed by atoms with van der Waals surface area (Å²) in [5, 5.41) is 3.31. The van der Waals surface area contributed by atoms with Gasteiger partial charge in [-0.2, -0.15) is 0 Å². The summed E-state index contributed by atoms with van der Waals surface area (Å²) in [7, 11) is 4.85. The van der Waals surface area contributed by atoms with Crippen molar-refractivity contribution in [2.45, 2.75) is 13.3 Å². The van der Waals surface area contributed by atoms with Gasteiger partial charge in [-0.25, -0.2) is 0 Å². The monoisotopic (exact) mass is 265 g/mol. The van der Waals surface area contributed by atoms with Crippen LogP contribution in [0.1, 0.15) is 18.9 Å². The number of benzene rings is 1. The Kier molecular flexibility index (Phi) is 6.82. The van der Waals surface area contributed by atoms with Gasteiger partial charge in [0.15, 0.2) is 11.5 Å². The van der Waals surface area contributed by atoms with Crippen LogP contribution in [-0.4, -0.2) is 34.4 Å².